The predicted octanol–water partition coefficient (Wildman–Crippen LogP) is 2.67. The zero-order chi connectivity index (χ0) is 27.0. The van der Waals surface area contributed by atoms with E-state index >= 15 is 0 Å². The van der Waals surface area contributed by atoms with Gasteiger partial charge in [-0.05, 0) is 42.9 Å². The summed E-state index contributed by atoms with van der Waals surface area (Å²) in [7, 11) is 1.29. The van der Waals surface area contributed by atoms with Crippen LogP contribution in [0.3, 0.4) is 0 Å². The molecule has 1 fully saturated rings. The Morgan fingerprint density at radius 1 is 1.00 bits per heavy atom. The summed E-state index contributed by atoms with van der Waals surface area (Å²) in [4.78, 5) is 54.2. The first kappa shape index (κ1) is 25.7. The summed E-state index contributed by atoms with van der Waals surface area (Å²) in [5.74, 6) is -1.33. The van der Waals surface area contributed by atoms with E-state index in [1.165, 1.54) is 24.4 Å². The highest BCUT2D eigenvalue weighted by molar-refractivity contribution is 5.95. The molecule has 2 aliphatic heterocycles. The van der Waals surface area contributed by atoms with Gasteiger partial charge in [-0.2, -0.15) is 0 Å². The van der Waals surface area contributed by atoms with Gasteiger partial charge >= 0.3 is 6.09 Å². The summed E-state index contributed by atoms with van der Waals surface area (Å²) in [6.45, 7) is 1.63. The van der Waals surface area contributed by atoms with E-state index in [4.69, 9.17) is 4.74 Å². The van der Waals surface area contributed by atoms with Crippen molar-refractivity contribution >= 4 is 23.8 Å². The molecule has 5 atom stereocenters. The predicted molar refractivity (Wildman–Crippen MR) is 137 cm³/mol. The molecule has 2 aromatic rings. The Kier molecular flexibility index (Phi) is 7.07. The van der Waals surface area contributed by atoms with Crippen molar-refractivity contribution in [2.24, 2.45) is 0 Å². The van der Waals surface area contributed by atoms with Gasteiger partial charge in [-0.25, -0.2) is 4.79 Å². The Morgan fingerprint density at radius 3 is 2.42 bits per heavy atom. The van der Waals surface area contributed by atoms with Crippen molar-refractivity contribution in [1.29, 1.82) is 0 Å². The molecular weight excluding hydrogens is 488 g/mol. The quantitative estimate of drug-likeness (QED) is 0.556. The fourth-order valence-corrected chi connectivity index (χ4v) is 5.62. The molecule has 10 heteroatoms. The topological polar surface area (TPSA) is 128 Å². The molecule has 5 rings (SSSR count). The van der Waals surface area contributed by atoms with Crippen LogP contribution in [0.2, 0.25) is 0 Å². The number of nitrogens with zero attached hydrogens (tertiary/aromatic N) is 2. The molecule has 0 saturated carbocycles. The van der Waals surface area contributed by atoms with Gasteiger partial charge in [0.1, 0.15) is 18.1 Å². The number of hydrogen-bond acceptors (Lipinski definition) is 5. The number of amides is 4. The van der Waals surface area contributed by atoms with E-state index in [0.717, 1.165) is 35.3 Å². The number of hydrogen-bond donors (Lipinski definition) is 3. The van der Waals surface area contributed by atoms with Gasteiger partial charge in [0, 0.05) is 19.0 Å². The highest BCUT2D eigenvalue weighted by Gasteiger charge is 2.49. The van der Waals surface area contributed by atoms with Gasteiger partial charge in [0.25, 0.3) is 0 Å². The minimum Gasteiger partial charge on any atom is -0.465 e. The number of carbonyl (C=O) groups excluding carboxylic acids is 3. The second-order valence-corrected chi connectivity index (χ2v) is 10.1. The van der Waals surface area contributed by atoms with E-state index in [9.17, 15) is 24.3 Å². The van der Waals surface area contributed by atoms with Crippen molar-refractivity contribution in [2.75, 3.05) is 13.7 Å². The van der Waals surface area contributed by atoms with Gasteiger partial charge < -0.3 is 20.5 Å². The van der Waals surface area contributed by atoms with Gasteiger partial charge in [-0.1, -0.05) is 48.5 Å². The molecule has 38 heavy (non-hydrogen) atoms. The lowest BCUT2D eigenvalue weighted by Gasteiger charge is -2.33. The maximum Gasteiger partial charge on any atom is 0.407 e. The SMILES string of the molecule is C[C@@H](C(=O)N[C@H]1CCO[C@H]2c3ccccc3C(C(=O)N[C@@H]3CCCc4ccccc43)N2C1=O)N(C)C(=O)O. The van der Waals surface area contributed by atoms with Gasteiger partial charge in [0.05, 0.1) is 12.6 Å². The fourth-order valence-electron chi connectivity index (χ4n) is 5.62. The molecule has 0 radical (unpaired) electrons. The molecule has 3 aliphatic rings. The second kappa shape index (κ2) is 10.4. The van der Waals surface area contributed by atoms with Crippen LogP contribution in [-0.2, 0) is 25.5 Å². The molecule has 0 aromatic heterocycles. The third-order valence-electron chi connectivity index (χ3n) is 7.84. The number of nitrogens with one attached hydrogen (secondary N) is 2. The van der Waals surface area contributed by atoms with E-state index in [0.29, 0.717) is 5.56 Å². The van der Waals surface area contributed by atoms with E-state index in [1.807, 2.05) is 42.5 Å². The Morgan fingerprint density at radius 2 is 1.68 bits per heavy atom. The smallest absolute Gasteiger partial charge is 0.407 e. The molecule has 1 saturated heterocycles. The van der Waals surface area contributed by atoms with E-state index in [-0.39, 0.29) is 25.0 Å². The van der Waals surface area contributed by atoms with Crippen LogP contribution in [0, 0.1) is 0 Å². The zero-order valence-corrected chi connectivity index (χ0v) is 21.4. The van der Waals surface area contributed by atoms with Crippen molar-refractivity contribution in [2.45, 2.75) is 63.0 Å². The molecule has 3 N–H and O–H groups in total. The highest BCUT2D eigenvalue weighted by atomic mass is 16.5. The average molecular weight is 521 g/mol. The van der Waals surface area contributed by atoms with Crippen LogP contribution in [-0.4, -0.2) is 64.5 Å². The summed E-state index contributed by atoms with van der Waals surface area (Å²) in [6, 6.07) is 12.4. The summed E-state index contributed by atoms with van der Waals surface area (Å²) in [5.41, 5.74) is 3.75. The van der Waals surface area contributed by atoms with Gasteiger partial charge in [-0.15, -0.1) is 0 Å². The third kappa shape index (κ3) is 4.60. The van der Waals surface area contributed by atoms with Crippen molar-refractivity contribution in [3.05, 3.63) is 70.8 Å². The van der Waals surface area contributed by atoms with Crippen molar-refractivity contribution < 1.29 is 29.0 Å². The average Bonchev–Trinajstić information content (AvgIpc) is 3.17. The first-order valence-electron chi connectivity index (χ1n) is 12.9. The van der Waals surface area contributed by atoms with Crippen molar-refractivity contribution in [3.8, 4) is 0 Å². The maximum atomic E-state index is 13.9. The Bertz CT molecular complexity index is 1270. The Hall–Kier alpha value is -3.92. The van der Waals surface area contributed by atoms with Gasteiger partial charge in [-0.3, -0.25) is 24.2 Å². The van der Waals surface area contributed by atoms with Crippen LogP contribution in [0.1, 0.15) is 66.8 Å². The lowest BCUT2D eigenvalue weighted by atomic mass is 9.87. The summed E-state index contributed by atoms with van der Waals surface area (Å²) >= 11 is 0. The van der Waals surface area contributed by atoms with Crippen LogP contribution in [0.15, 0.2) is 48.5 Å². The number of ether oxygens (including phenoxy) is 1. The van der Waals surface area contributed by atoms with Crippen LogP contribution in [0.25, 0.3) is 0 Å². The third-order valence-corrected chi connectivity index (χ3v) is 7.84. The van der Waals surface area contributed by atoms with Crippen LogP contribution < -0.4 is 10.6 Å². The summed E-state index contributed by atoms with van der Waals surface area (Å²) < 4.78 is 6.08. The lowest BCUT2D eigenvalue weighted by molar-refractivity contribution is -0.153. The largest absolute Gasteiger partial charge is 0.465 e. The summed E-state index contributed by atoms with van der Waals surface area (Å²) in [5, 5.41) is 15.1. The van der Waals surface area contributed by atoms with Crippen LogP contribution in [0.4, 0.5) is 4.79 Å². The van der Waals surface area contributed by atoms with E-state index < -0.39 is 42.3 Å². The lowest BCUT2D eigenvalue weighted by Crippen LogP contribution is -2.54. The first-order valence-corrected chi connectivity index (χ1v) is 12.9. The van der Waals surface area contributed by atoms with Crippen LogP contribution >= 0.6 is 0 Å². The molecule has 10 nitrogen and oxygen atoms in total. The second-order valence-electron chi connectivity index (χ2n) is 10.1. The van der Waals surface area contributed by atoms with Crippen LogP contribution in [0.5, 0.6) is 0 Å². The van der Waals surface area contributed by atoms with E-state index in [2.05, 4.69) is 16.7 Å². The van der Waals surface area contributed by atoms with Gasteiger partial charge in [0.2, 0.25) is 17.7 Å². The minimum atomic E-state index is -1.25. The van der Waals surface area contributed by atoms with Gasteiger partial charge in [0.15, 0.2) is 6.23 Å². The highest BCUT2D eigenvalue weighted by Crippen LogP contribution is 2.45. The molecule has 4 amide bonds. The maximum absolute atomic E-state index is 13.9. The zero-order valence-electron chi connectivity index (χ0n) is 21.4. The molecular formula is C28H32N4O6. The summed E-state index contributed by atoms with van der Waals surface area (Å²) in [6.07, 6.45) is 0.918. The van der Waals surface area contributed by atoms with Crippen molar-refractivity contribution in [3.63, 3.8) is 0 Å². The normalized spacial score (nSPS) is 24.8. The Balaban J connectivity index is 1.42. The minimum absolute atomic E-state index is 0.162. The number of fused-ring (bicyclic) bond motifs is 4. The number of aryl methyl sites for hydroxylation is 1. The standard InChI is InChI=1S/C28H32N4O6/c1-16(31(2)28(36)37)24(33)30-22-14-15-38-27-20-12-6-5-11-19(20)23(32(27)26(22)35)25(34)29-21-13-7-9-17-8-3-4-10-18(17)21/h3-6,8,10-12,16,21-23,27H,7,9,13-15H2,1-2H3,(H,29,34)(H,30,33)(H,36,37)/t16-,21+,22-,23?,27-/m0/s1. The molecule has 1 aliphatic carbocycles. The number of benzene rings is 2. The molecule has 2 aromatic carbocycles. The monoisotopic (exact) mass is 520 g/mol. The molecule has 2 heterocycles. The molecule has 1 unspecified atom stereocenters. The molecule has 0 bridgehead atoms. The molecule has 0 spiro atoms. The number of carbonyl (C=O) groups is 4. The number of carboxylic acid groups (broad SMARTS) is 1. The first-order chi connectivity index (χ1) is 18.3. The number of likely N-dealkylation sites (N-methyl/N-ethyl adjacent to an activating group) is 1. The molecule has 200 valence electrons. The fraction of sp³-hybridized carbons (Fsp3) is 0.429. The van der Waals surface area contributed by atoms with E-state index in [1.54, 1.807) is 0 Å². The van der Waals surface area contributed by atoms with Crippen molar-refractivity contribution in [1.82, 2.24) is 20.4 Å². The Labute approximate surface area is 220 Å². The number of rotatable bonds is 5.